The van der Waals surface area contributed by atoms with Gasteiger partial charge in [-0.15, -0.1) is 0 Å². The Balaban J connectivity index is 1.81. The van der Waals surface area contributed by atoms with E-state index in [1.54, 1.807) is 10.7 Å². The molecule has 4 aromatic rings. The summed E-state index contributed by atoms with van der Waals surface area (Å²) in [7, 11) is 0. The Morgan fingerprint density at radius 1 is 0.719 bits per heavy atom. The molecule has 32 heavy (non-hydrogen) atoms. The fraction of sp³-hybridized carbons (Fsp3) is 0.222. The average molecular weight is 435 g/mol. The van der Waals surface area contributed by atoms with Gasteiger partial charge in [-0.3, -0.25) is 4.68 Å². The SMILES string of the molecule is Cc1ccc(-c2cc(-c3ccc(C)c(C)c3)n(Cc3cccc(C(F)(F)F)c3)n2)cc1C. The number of aromatic nitrogens is 2. The first-order valence-electron chi connectivity index (χ1n) is 10.5. The number of rotatable bonds is 4. The quantitative estimate of drug-likeness (QED) is 0.325. The molecule has 0 fully saturated rings. The lowest BCUT2D eigenvalue weighted by molar-refractivity contribution is -0.137. The molecule has 0 bridgehead atoms. The van der Waals surface area contributed by atoms with Crippen molar-refractivity contribution in [3.8, 4) is 22.5 Å². The highest BCUT2D eigenvalue weighted by molar-refractivity contribution is 5.70. The molecule has 0 saturated heterocycles. The van der Waals surface area contributed by atoms with Crippen LogP contribution in [-0.2, 0) is 12.7 Å². The molecular weight excluding hydrogens is 409 g/mol. The van der Waals surface area contributed by atoms with Gasteiger partial charge < -0.3 is 0 Å². The number of benzene rings is 3. The van der Waals surface area contributed by atoms with Crippen LogP contribution in [0.1, 0.15) is 33.4 Å². The van der Waals surface area contributed by atoms with Crippen molar-refractivity contribution in [2.75, 3.05) is 0 Å². The Labute approximate surface area is 186 Å². The third-order valence-corrected chi connectivity index (χ3v) is 5.97. The zero-order chi connectivity index (χ0) is 23.0. The van der Waals surface area contributed by atoms with E-state index >= 15 is 0 Å². The van der Waals surface area contributed by atoms with Gasteiger partial charge in [-0.2, -0.15) is 18.3 Å². The van der Waals surface area contributed by atoms with Gasteiger partial charge in [0.05, 0.1) is 23.5 Å². The van der Waals surface area contributed by atoms with Crippen molar-refractivity contribution in [3.63, 3.8) is 0 Å². The number of halogens is 3. The minimum atomic E-state index is -4.37. The second kappa shape index (κ2) is 8.30. The summed E-state index contributed by atoms with van der Waals surface area (Å²) in [6.07, 6.45) is -4.37. The van der Waals surface area contributed by atoms with Gasteiger partial charge in [0.25, 0.3) is 0 Å². The van der Waals surface area contributed by atoms with Gasteiger partial charge in [0.1, 0.15) is 0 Å². The summed E-state index contributed by atoms with van der Waals surface area (Å²) in [6.45, 7) is 8.47. The van der Waals surface area contributed by atoms with Crippen LogP contribution in [0.4, 0.5) is 13.2 Å². The molecule has 0 aliphatic rings. The smallest absolute Gasteiger partial charge is 0.260 e. The lowest BCUT2D eigenvalue weighted by Gasteiger charge is -2.12. The maximum atomic E-state index is 13.2. The lowest BCUT2D eigenvalue weighted by atomic mass is 10.0. The molecule has 0 amide bonds. The molecule has 164 valence electrons. The zero-order valence-corrected chi connectivity index (χ0v) is 18.6. The third-order valence-electron chi connectivity index (χ3n) is 5.97. The first-order chi connectivity index (χ1) is 15.1. The molecule has 0 saturated carbocycles. The van der Waals surface area contributed by atoms with Crippen LogP contribution in [0, 0.1) is 27.7 Å². The topological polar surface area (TPSA) is 17.8 Å². The van der Waals surface area contributed by atoms with Gasteiger partial charge >= 0.3 is 6.18 Å². The molecule has 3 aromatic carbocycles. The van der Waals surface area contributed by atoms with Crippen molar-refractivity contribution >= 4 is 0 Å². The van der Waals surface area contributed by atoms with Crippen LogP contribution in [0.25, 0.3) is 22.5 Å². The van der Waals surface area contributed by atoms with Crippen molar-refractivity contribution in [3.05, 3.63) is 100 Å². The van der Waals surface area contributed by atoms with Crippen LogP contribution in [0.5, 0.6) is 0 Å². The molecule has 0 N–H and O–H groups in total. The molecule has 1 aromatic heterocycles. The fourth-order valence-corrected chi connectivity index (χ4v) is 3.73. The van der Waals surface area contributed by atoms with E-state index in [0.29, 0.717) is 5.56 Å². The molecule has 1 heterocycles. The van der Waals surface area contributed by atoms with E-state index in [-0.39, 0.29) is 6.54 Å². The van der Waals surface area contributed by atoms with E-state index in [9.17, 15) is 13.2 Å². The highest BCUT2D eigenvalue weighted by Gasteiger charge is 2.30. The number of hydrogen-bond acceptors (Lipinski definition) is 1. The fourth-order valence-electron chi connectivity index (χ4n) is 3.73. The van der Waals surface area contributed by atoms with Crippen LogP contribution in [-0.4, -0.2) is 9.78 Å². The van der Waals surface area contributed by atoms with Crippen molar-refractivity contribution in [1.82, 2.24) is 9.78 Å². The molecule has 2 nitrogen and oxygen atoms in total. The molecule has 0 unspecified atom stereocenters. The molecule has 0 spiro atoms. The Bertz CT molecular complexity index is 1280. The van der Waals surface area contributed by atoms with Gasteiger partial charge in [0.15, 0.2) is 0 Å². The van der Waals surface area contributed by atoms with Crippen LogP contribution in [0.3, 0.4) is 0 Å². The molecule has 0 radical (unpaired) electrons. The summed E-state index contributed by atoms with van der Waals surface area (Å²) < 4.78 is 41.4. The Morgan fingerprint density at radius 2 is 1.34 bits per heavy atom. The van der Waals surface area contributed by atoms with E-state index in [1.165, 1.54) is 28.8 Å². The highest BCUT2D eigenvalue weighted by atomic mass is 19.4. The van der Waals surface area contributed by atoms with Gasteiger partial charge in [0.2, 0.25) is 0 Å². The third kappa shape index (κ3) is 4.47. The largest absolute Gasteiger partial charge is 0.416 e. The van der Waals surface area contributed by atoms with E-state index in [1.807, 2.05) is 18.2 Å². The average Bonchev–Trinajstić information content (AvgIpc) is 3.15. The summed E-state index contributed by atoms with van der Waals surface area (Å²) in [4.78, 5) is 0. The number of hydrogen-bond donors (Lipinski definition) is 0. The minimum Gasteiger partial charge on any atom is -0.260 e. The second-order valence-corrected chi connectivity index (χ2v) is 8.37. The van der Waals surface area contributed by atoms with Gasteiger partial charge in [-0.1, -0.05) is 36.4 Å². The maximum absolute atomic E-state index is 13.2. The molecule has 5 heteroatoms. The normalized spacial score (nSPS) is 11.7. The number of nitrogens with zero attached hydrogens (tertiary/aromatic N) is 2. The van der Waals surface area contributed by atoms with Crippen molar-refractivity contribution in [2.45, 2.75) is 40.4 Å². The first-order valence-corrected chi connectivity index (χ1v) is 10.5. The lowest BCUT2D eigenvalue weighted by Crippen LogP contribution is -2.08. The van der Waals surface area contributed by atoms with Crippen LogP contribution in [0.15, 0.2) is 66.7 Å². The predicted octanol–water partition coefficient (Wildman–Crippen LogP) is 7.52. The highest BCUT2D eigenvalue weighted by Crippen LogP contribution is 2.32. The van der Waals surface area contributed by atoms with Crippen molar-refractivity contribution in [1.29, 1.82) is 0 Å². The minimum absolute atomic E-state index is 0.247. The van der Waals surface area contributed by atoms with Crippen molar-refractivity contribution in [2.24, 2.45) is 0 Å². The summed E-state index contributed by atoms with van der Waals surface area (Å²) >= 11 is 0. The number of aryl methyl sites for hydroxylation is 4. The molecular formula is C27H25F3N2. The van der Waals surface area contributed by atoms with Crippen molar-refractivity contribution < 1.29 is 13.2 Å². The van der Waals surface area contributed by atoms with Crippen LogP contribution in [0.2, 0.25) is 0 Å². The van der Waals surface area contributed by atoms with E-state index in [0.717, 1.165) is 34.1 Å². The first kappa shape index (κ1) is 21.9. The zero-order valence-electron chi connectivity index (χ0n) is 18.6. The molecule has 0 atom stereocenters. The molecule has 0 aliphatic carbocycles. The Morgan fingerprint density at radius 3 is 1.97 bits per heavy atom. The maximum Gasteiger partial charge on any atom is 0.416 e. The van der Waals surface area contributed by atoms with Gasteiger partial charge in [0, 0.05) is 11.1 Å². The molecule has 0 aliphatic heterocycles. The van der Waals surface area contributed by atoms with E-state index < -0.39 is 11.7 Å². The van der Waals surface area contributed by atoms with E-state index in [2.05, 4.69) is 52.0 Å². The van der Waals surface area contributed by atoms with Gasteiger partial charge in [-0.05, 0) is 85.8 Å². The second-order valence-electron chi connectivity index (χ2n) is 8.37. The Hall–Kier alpha value is -3.34. The summed E-state index contributed by atoms with van der Waals surface area (Å²) in [5.41, 5.74) is 8.27. The van der Waals surface area contributed by atoms with Crippen LogP contribution < -0.4 is 0 Å². The summed E-state index contributed by atoms with van der Waals surface area (Å²) in [5.74, 6) is 0. The van der Waals surface area contributed by atoms with E-state index in [4.69, 9.17) is 5.10 Å². The predicted molar refractivity (Wildman–Crippen MR) is 123 cm³/mol. The molecule has 4 rings (SSSR count). The van der Waals surface area contributed by atoms with Crippen LogP contribution >= 0.6 is 0 Å². The number of alkyl halides is 3. The monoisotopic (exact) mass is 434 g/mol. The Kier molecular flexibility index (Phi) is 5.68. The van der Waals surface area contributed by atoms with Gasteiger partial charge in [-0.25, -0.2) is 0 Å². The standard InChI is InChI=1S/C27H25F3N2/c1-17-8-10-22(12-19(17)3)25-15-26(23-11-9-18(2)20(4)13-23)32(31-25)16-21-6-5-7-24(14-21)27(28,29)30/h5-15H,16H2,1-4H3. The summed E-state index contributed by atoms with van der Waals surface area (Å²) in [6, 6.07) is 19.8. The summed E-state index contributed by atoms with van der Waals surface area (Å²) in [5, 5.41) is 4.80.